The fraction of sp³-hybridized carbons (Fsp3) is 0.444. The average Bonchev–Trinajstić information content (AvgIpc) is 3.02. The predicted octanol–water partition coefficient (Wildman–Crippen LogP) is 2.64. The van der Waals surface area contributed by atoms with E-state index < -0.39 is 0 Å². The molecular weight excluding hydrogens is 278 g/mol. The van der Waals surface area contributed by atoms with Crippen LogP contribution in [-0.4, -0.2) is 28.3 Å². The van der Waals surface area contributed by atoms with Crippen molar-refractivity contribution in [2.45, 2.75) is 38.5 Å². The quantitative estimate of drug-likeness (QED) is 0.861. The first-order valence-electron chi connectivity index (χ1n) is 7.93. The number of benzene rings is 1. The largest absolute Gasteiger partial charge is 0.462 e. The summed E-state index contributed by atoms with van der Waals surface area (Å²) in [5.74, 6) is 1.42. The topological polar surface area (TPSA) is 56.8 Å². The lowest BCUT2D eigenvalue weighted by Gasteiger charge is -2.35. The molecule has 4 nitrogen and oxygen atoms in total. The summed E-state index contributed by atoms with van der Waals surface area (Å²) in [6.45, 7) is 1.33. The number of furan rings is 1. The van der Waals surface area contributed by atoms with Crippen molar-refractivity contribution in [1.82, 2.24) is 4.90 Å². The minimum atomic E-state index is -0.0771. The Morgan fingerprint density at radius 2 is 1.91 bits per heavy atom. The number of rotatable bonds is 6. The van der Waals surface area contributed by atoms with E-state index in [1.807, 2.05) is 6.07 Å². The Morgan fingerprint density at radius 1 is 1.09 bits per heavy atom. The maximum Gasteiger partial charge on any atom is 0.129 e. The SMILES string of the molecule is OCCN(Cc1ccc(CO)o1)C1CCCc2ccccc21. The Labute approximate surface area is 131 Å². The van der Waals surface area contributed by atoms with E-state index in [1.54, 1.807) is 6.07 Å². The van der Waals surface area contributed by atoms with Gasteiger partial charge in [0.25, 0.3) is 0 Å². The summed E-state index contributed by atoms with van der Waals surface area (Å²) in [7, 11) is 0. The summed E-state index contributed by atoms with van der Waals surface area (Å²) in [5.41, 5.74) is 2.79. The molecule has 1 heterocycles. The summed E-state index contributed by atoms with van der Waals surface area (Å²) < 4.78 is 5.62. The highest BCUT2D eigenvalue weighted by Crippen LogP contribution is 2.35. The summed E-state index contributed by atoms with van der Waals surface area (Å²) in [5, 5.41) is 18.6. The summed E-state index contributed by atoms with van der Waals surface area (Å²) >= 11 is 0. The van der Waals surface area contributed by atoms with Crippen LogP contribution in [0.1, 0.15) is 41.5 Å². The Bertz CT molecular complexity index is 608. The van der Waals surface area contributed by atoms with Gasteiger partial charge in [0.2, 0.25) is 0 Å². The Morgan fingerprint density at radius 3 is 2.68 bits per heavy atom. The molecule has 1 unspecified atom stereocenters. The lowest BCUT2D eigenvalue weighted by Crippen LogP contribution is -2.33. The van der Waals surface area contributed by atoms with Gasteiger partial charge in [-0.1, -0.05) is 24.3 Å². The number of hydrogen-bond acceptors (Lipinski definition) is 4. The van der Waals surface area contributed by atoms with Gasteiger partial charge in [0, 0.05) is 12.6 Å². The minimum Gasteiger partial charge on any atom is -0.462 e. The van der Waals surface area contributed by atoms with E-state index in [9.17, 15) is 5.11 Å². The normalized spacial score (nSPS) is 17.7. The van der Waals surface area contributed by atoms with Crippen molar-refractivity contribution in [3.05, 3.63) is 59.0 Å². The molecule has 1 atom stereocenters. The van der Waals surface area contributed by atoms with Crippen LogP contribution in [0.3, 0.4) is 0 Å². The Kier molecular flexibility index (Phi) is 4.93. The highest BCUT2D eigenvalue weighted by Gasteiger charge is 2.26. The minimum absolute atomic E-state index is 0.0771. The van der Waals surface area contributed by atoms with Gasteiger partial charge in [-0.25, -0.2) is 0 Å². The highest BCUT2D eigenvalue weighted by molar-refractivity contribution is 5.32. The van der Waals surface area contributed by atoms with Crippen LogP contribution in [0, 0.1) is 0 Å². The first kappa shape index (κ1) is 15.3. The van der Waals surface area contributed by atoms with Gasteiger partial charge in [-0.3, -0.25) is 4.90 Å². The second-order valence-electron chi connectivity index (χ2n) is 5.83. The number of hydrogen-bond donors (Lipinski definition) is 2. The van der Waals surface area contributed by atoms with Crippen LogP contribution in [0.25, 0.3) is 0 Å². The maximum absolute atomic E-state index is 9.43. The molecule has 0 saturated heterocycles. The summed E-state index contributed by atoms with van der Waals surface area (Å²) in [4.78, 5) is 2.28. The predicted molar refractivity (Wildman–Crippen MR) is 84.2 cm³/mol. The van der Waals surface area contributed by atoms with Gasteiger partial charge in [0.1, 0.15) is 18.1 Å². The smallest absolute Gasteiger partial charge is 0.129 e. The first-order chi connectivity index (χ1) is 10.8. The molecular formula is C18H23NO3. The molecule has 1 aromatic carbocycles. The van der Waals surface area contributed by atoms with Crippen molar-refractivity contribution in [3.8, 4) is 0 Å². The molecule has 0 radical (unpaired) electrons. The van der Waals surface area contributed by atoms with E-state index in [1.165, 1.54) is 17.5 Å². The van der Waals surface area contributed by atoms with Gasteiger partial charge >= 0.3 is 0 Å². The van der Waals surface area contributed by atoms with Crippen molar-refractivity contribution < 1.29 is 14.6 Å². The van der Waals surface area contributed by atoms with Gasteiger partial charge in [-0.15, -0.1) is 0 Å². The molecule has 1 aromatic heterocycles. The van der Waals surface area contributed by atoms with E-state index in [-0.39, 0.29) is 13.2 Å². The number of aliphatic hydroxyl groups is 2. The van der Waals surface area contributed by atoms with Gasteiger partial charge in [0.05, 0.1) is 13.2 Å². The fourth-order valence-electron chi connectivity index (χ4n) is 3.37. The van der Waals surface area contributed by atoms with Crippen LogP contribution in [-0.2, 0) is 19.6 Å². The van der Waals surface area contributed by atoms with E-state index in [2.05, 4.69) is 29.2 Å². The van der Waals surface area contributed by atoms with Crippen molar-refractivity contribution >= 4 is 0 Å². The molecule has 118 valence electrons. The van der Waals surface area contributed by atoms with Gasteiger partial charge < -0.3 is 14.6 Å². The lowest BCUT2D eigenvalue weighted by atomic mass is 9.86. The zero-order valence-electron chi connectivity index (χ0n) is 12.7. The van der Waals surface area contributed by atoms with Crippen molar-refractivity contribution in [3.63, 3.8) is 0 Å². The number of nitrogens with zero attached hydrogens (tertiary/aromatic N) is 1. The first-order valence-corrected chi connectivity index (χ1v) is 7.93. The van der Waals surface area contributed by atoms with Crippen LogP contribution in [0.15, 0.2) is 40.8 Å². The van der Waals surface area contributed by atoms with Gasteiger partial charge in [0.15, 0.2) is 0 Å². The standard InChI is InChI=1S/C18H23NO3/c20-11-10-19(12-15-8-9-16(13-21)22-15)18-7-3-5-14-4-1-2-6-17(14)18/h1-2,4,6,8-9,18,20-21H,3,5,7,10-13H2. The molecule has 0 bridgehead atoms. The maximum atomic E-state index is 9.43. The Balaban J connectivity index is 1.82. The van der Waals surface area contributed by atoms with E-state index >= 15 is 0 Å². The molecule has 0 saturated carbocycles. The third-order valence-corrected chi connectivity index (χ3v) is 4.40. The van der Waals surface area contributed by atoms with E-state index in [0.29, 0.717) is 24.9 Å². The molecule has 2 aromatic rings. The molecule has 3 rings (SSSR count). The highest BCUT2D eigenvalue weighted by atomic mass is 16.4. The Hall–Kier alpha value is -1.62. The second-order valence-corrected chi connectivity index (χ2v) is 5.83. The molecule has 2 N–H and O–H groups in total. The van der Waals surface area contributed by atoms with Crippen LogP contribution in [0.5, 0.6) is 0 Å². The molecule has 22 heavy (non-hydrogen) atoms. The second kappa shape index (κ2) is 7.09. The van der Waals surface area contributed by atoms with Crippen LogP contribution in [0.4, 0.5) is 0 Å². The summed E-state index contributed by atoms with van der Waals surface area (Å²) in [6, 6.07) is 12.6. The molecule has 0 amide bonds. The van der Waals surface area contributed by atoms with Crippen LogP contribution >= 0.6 is 0 Å². The molecule has 0 aliphatic heterocycles. The number of aryl methyl sites for hydroxylation is 1. The van der Waals surface area contributed by atoms with Gasteiger partial charge in [-0.05, 0) is 42.5 Å². The van der Waals surface area contributed by atoms with Crippen molar-refractivity contribution in [2.24, 2.45) is 0 Å². The zero-order chi connectivity index (χ0) is 15.4. The fourth-order valence-corrected chi connectivity index (χ4v) is 3.37. The third kappa shape index (κ3) is 3.24. The monoisotopic (exact) mass is 301 g/mol. The molecule has 1 aliphatic rings. The third-order valence-electron chi connectivity index (χ3n) is 4.40. The van der Waals surface area contributed by atoms with Gasteiger partial charge in [-0.2, -0.15) is 0 Å². The average molecular weight is 301 g/mol. The van der Waals surface area contributed by atoms with Crippen molar-refractivity contribution in [2.75, 3.05) is 13.2 Å². The molecule has 0 spiro atoms. The number of fused-ring (bicyclic) bond motifs is 1. The molecule has 1 aliphatic carbocycles. The van der Waals surface area contributed by atoms with Crippen molar-refractivity contribution in [1.29, 1.82) is 0 Å². The van der Waals surface area contributed by atoms with Crippen LogP contribution < -0.4 is 0 Å². The molecule has 0 fully saturated rings. The lowest BCUT2D eigenvalue weighted by molar-refractivity contribution is 0.121. The number of aliphatic hydroxyl groups excluding tert-OH is 2. The van der Waals surface area contributed by atoms with E-state index in [0.717, 1.165) is 18.6 Å². The van der Waals surface area contributed by atoms with E-state index in [4.69, 9.17) is 9.52 Å². The zero-order valence-corrected chi connectivity index (χ0v) is 12.7. The van der Waals surface area contributed by atoms with Crippen LogP contribution in [0.2, 0.25) is 0 Å². The molecule has 4 heteroatoms. The summed E-state index contributed by atoms with van der Waals surface area (Å²) in [6.07, 6.45) is 3.41.